The van der Waals surface area contributed by atoms with E-state index in [2.05, 4.69) is 26.1 Å². The number of rotatable bonds is 15. The van der Waals surface area contributed by atoms with Crippen LogP contribution < -0.4 is 5.32 Å². The molecule has 0 fully saturated rings. The Labute approximate surface area is 160 Å². The lowest BCUT2D eigenvalue weighted by Crippen LogP contribution is -2.45. The Hall–Kier alpha value is -0.240. The van der Waals surface area contributed by atoms with Crippen molar-refractivity contribution in [2.75, 3.05) is 40.3 Å². The molecule has 0 aliphatic carbocycles. The molecule has 0 aliphatic heterocycles. The van der Waals surface area contributed by atoms with Crippen molar-refractivity contribution in [2.24, 2.45) is 11.3 Å². The van der Waals surface area contributed by atoms with Gasteiger partial charge in [0.2, 0.25) is 0 Å². The van der Waals surface area contributed by atoms with E-state index < -0.39 is 11.7 Å². The third kappa shape index (κ3) is 9.11. The number of aliphatic hydroxyl groups is 4. The van der Waals surface area contributed by atoms with Gasteiger partial charge in [-0.3, -0.25) is 0 Å². The topological polar surface area (TPSA) is 96.2 Å². The maximum Gasteiger partial charge on any atom is 0.0720 e. The Bertz CT molecular complexity index is 366. The van der Waals surface area contributed by atoms with E-state index in [-0.39, 0.29) is 30.5 Å². The second-order valence-electron chi connectivity index (χ2n) is 8.64. The fourth-order valence-corrected chi connectivity index (χ4v) is 3.16. The Morgan fingerprint density at radius 3 is 2.12 bits per heavy atom. The van der Waals surface area contributed by atoms with Crippen LogP contribution in [0.25, 0.3) is 0 Å². The highest BCUT2D eigenvalue weighted by Gasteiger charge is 2.36. The van der Waals surface area contributed by atoms with Crippen molar-refractivity contribution in [3.05, 3.63) is 0 Å². The molecule has 4 atom stereocenters. The normalized spacial score (nSPS) is 18.6. The highest BCUT2D eigenvalue weighted by Crippen LogP contribution is 2.29. The molecule has 26 heavy (non-hydrogen) atoms. The lowest BCUT2D eigenvalue weighted by Gasteiger charge is -2.37. The predicted octanol–water partition coefficient (Wildman–Crippen LogP) is 1.22. The number of nitrogens with zero attached hydrogens (tertiary/aromatic N) is 1. The van der Waals surface area contributed by atoms with E-state index in [1.165, 1.54) is 0 Å². The summed E-state index contributed by atoms with van der Waals surface area (Å²) in [6.45, 7) is 9.75. The van der Waals surface area contributed by atoms with Crippen molar-refractivity contribution in [1.82, 2.24) is 10.2 Å². The standard InChI is InChI=1S/C20H44N2O4/c1-7-19(3,4)18(25)9-11-21-14-17(24)13-20(26,8-2)16(15-23)10-12-22(5)6/h16-18,21,23-26H,7-15H2,1-6H3. The lowest BCUT2D eigenvalue weighted by molar-refractivity contribution is -0.0775. The van der Waals surface area contributed by atoms with Crippen LogP contribution in [0.2, 0.25) is 0 Å². The fourth-order valence-electron chi connectivity index (χ4n) is 3.16. The maximum absolute atomic E-state index is 10.9. The molecule has 0 aromatic heterocycles. The Morgan fingerprint density at radius 1 is 1.04 bits per heavy atom. The van der Waals surface area contributed by atoms with Crippen LogP contribution in [0.15, 0.2) is 0 Å². The van der Waals surface area contributed by atoms with Gasteiger partial charge in [-0.1, -0.05) is 27.7 Å². The molecule has 5 N–H and O–H groups in total. The average Bonchev–Trinajstić information content (AvgIpc) is 2.58. The van der Waals surface area contributed by atoms with Gasteiger partial charge < -0.3 is 30.6 Å². The van der Waals surface area contributed by atoms with Gasteiger partial charge in [0.1, 0.15) is 0 Å². The molecule has 4 unspecified atom stereocenters. The fraction of sp³-hybridized carbons (Fsp3) is 1.00. The quantitative estimate of drug-likeness (QED) is 0.276. The van der Waals surface area contributed by atoms with Crippen LogP contribution >= 0.6 is 0 Å². The van der Waals surface area contributed by atoms with E-state index in [1.54, 1.807) is 0 Å². The number of nitrogens with one attached hydrogen (secondary N) is 1. The van der Waals surface area contributed by atoms with Crippen molar-refractivity contribution >= 4 is 0 Å². The highest BCUT2D eigenvalue weighted by atomic mass is 16.3. The SMILES string of the molecule is CCC(C)(C)C(O)CCNCC(O)CC(O)(CC)C(CO)CCN(C)C. The number of aliphatic hydroxyl groups excluding tert-OH is 3. The minimum absolute atomic E-state index is 0.0867. The van der Waals surface area contributed by atoms with E-state index in [4.69, 9.17) is 0 Å². The molecular weight excluding hydrogens is 332 g/mol. The predicted molar refractivity (Wildman–Crippen MR) is 107 cm³/mol. The summed E-state index contributed by atoms with van der Waals surface area (Å²) in [6, 6.07) is 0. The first-order valence-corrected chi connectivity index (χ1v) is 10.1. The molecule has 6 heteroatoms. The highest BCUT2D eigenvalue weighted by molar-refractivity contribution is 4.88. The second kappa shape index (κ2) is 12.3. The molecule has 6 nitrogen and oxygen atoms in total. The monoisotopic (exact) mass is 376 g/mol. The number of hydrogen-bond acceptors (Lipinski definition) is 6. The van der Waals surface area contributed by atoms with E-state index in [0.29, 0.717) is 32.4 Å². The Kier molecular flexibility index (Phi) is 12.2. The van der Waals surface area contributed by atoms with Gasteiger partial charge in [0.15, 0.2) is 0 Å². The molecule has 0 bridgehead atoms. The molecule has 0 saturated carbocycles. The van der Waals surface area contributed by atoms with Crippen LogP contribution in [0.4, 0.5) is 0 Å². The zero-order valence-electron chi connectivity index (χ0n) is 17.8. The molecule has 0 amide bonds. The summed E-state index contributed by atoms with van der Waals surface area (Å²) in [4.78, 5) is 2.03. The molecule has 0 rings (SSSR count). The molecule has 0 radical (unpaired) electrons. The van der Waals surface area contributed by atoms with Crippen LogP contribution in [0.5, 0.6) is 0 Å². The molecule has 158 valence electrons. The minimum Gasteiger partial charge on any atom is -0.396 e. The maximum atomic E-state index is 10.9. The Morgan fingerprint density at radius 2 is 1.65 bits per heavy atom. The van der Waals surface area contributed by atoms with Crippen LogP contribution in [0.3, 0.4) is 0 Å². The first-order valence-electron chi connectivity index (χ1n) is 10.1. The third-order valence-corrected chi connectivity index (χ3v) is 5.89. The van der Waals surface area contributed by atoms with Gasteiger partial charge in [-0.15, -0.1) is 0 Å². The average molecular weight is 377 g/mol. The first kappa shape index (κ1) is 25.8. The summed E-state index contributed by atoms with van der Waals surface area (Å²) >= 11 is 0. The van der Waals surface area contributed by atoms with E-state index in [9.17, 15) is 20.4 Å². The summed E-state index contributed by atoms with van der Waals surface area (Å²) in [5.74, 6) is -0.253. The van der Waals surface area contributed by atoms with Crippen molar-refractivity contribution in [3.63, 3.8) is 0 Å². The van der Waals surface area contributed by atoms with Gasteiger partial charge >= 0.3 is 0 Å². The van der Waals surface area contributed by atoms with Crippen molar-refractivity contribution < 1.29 is 20.4 Å². The van der Waals surface area contributed by atoms with Crippen LogP contribution in [0, 0.1) is 11.3 Å². The number of hydrogen-bond donors (Lipinski definition) is 5. The molecule has 0 aromatic rings. The molecule has 0 aromatic carbocycles. The summed E-state index contributed by atoms with van der Waals surface area (Å²) in [6.07, 6.45) is 1.89. The van der Waals surface area contributed by atoms with Gasteiger partial charge in [0.25, 0.3) is 0 Å². The van der Waals surface area contributed by atoms with E-state index in [0.717, 1.165) is 13.0 Å². The van der Waals surface area contributed by atoms with Gasteiger partial charge in [0, 0.05) is 25.5 Å². The summed E-state index contributed by atoms with van der Waals surface area (Å²) in [5, 5.41) is 44.3. The molecule has 0 heterocycles. The van der Waals surface area contributed by atoms with Gasteiger partial charge in [0.05, 0.1) is 17.8 Å². The van der Waals surface area contributed by atoms with Gasteiger partial charge in [-0.2, -0.15) is 0 Å². The smallest absolute Gasteiger partial charge is 0.0720 e. The van der Waals surface area contributed by atoms with Crippen LogP contribution in [0.1, 0.15) is 59.8 Å². The molecule has 0 spiro atoms. The zero-order chi connectivity index (χ0) is 20.4. The molecule has 0 saturated heterocycles. The van der Waals surface area contributed by atoms with Gasteiger partial charge in [-0.05, 0) is 58.3 Å². The summed E-state index contributed by atoms with van der Waals surface area (Å²) in [5.41, 5.74) is -1.18. The molecule has 0 aliphatic rings. The van der Waals surface area contributed by atoms with Crippen LogP contribution in [-0.4, -0.2) is 83.5 Å². The van der Waals surface area contributed by atoms with Crippen LogP contribution in [-0.2, 0) is 0 Å². The van der Waals surface area contributed by atoms with Crippen molar-refractivity contribution in [1.29, 1.82) is 0 Å². The second-order valence-corrected chi connectivity index (χ2v) is 8.64. The summed E-state index contributed by atoms with van der Waals surface area (Å²) < 4.78 is 0. The van der Waals surface area contributed by atoms with Crippen molar-refractivity contribution in [2.45, 2.75) is 77.6 Å². The lowest BCUT2D eigenvalue weighted by atomic mass is 9.79. The molecular formula is C20H44N2O4. The largest absolute Gasteiger partial charge is 0.396 e. The van der Waals surface area contributed by atoms with Gasteiger partial charge in [-0.25, -0.2) is 0 Å². The zero-order valence-corrected chi connectivity index (χ0v) is 17.8. The third-order valence-electron chi connectivity index (χ3n) is 5.89. The van der Waals surface area contributed by atoms with E-state index >= 15 is 0 Å². The first-order chi connectivity index (χ1) is 12.0. The minimum atomic E-state index is -1.07. The Balaban J connectivity index is 4.41. The summed E-state index contributed by atoms with van der Waals surface area (Å²) in [7, 11) is 3.93. The van der Waals surface area contributed by atoms with E-state index in [1.807, 2.05) is 25.9 Å². The van der Waals surface area contributed by atoms with Crippen molar-refractivity contribution in [3.8, 4) is 0 Å².